The first-order chi connectivity index (χ1) is 24.7. The highest BCUT2D eigenvalue weighted by Crippen LogP contribution is 2.37. The van der Waals surface area contributed by atoms with Gasteiger partial charge in [0.15, 0.2) is 11.2 Å². The maximum atomic E-state index is 14.0. The molecule has 1 N–H and O–H groups in total. The molecule has 2 aliphatic rings. The normalized spacial score (nSPS) is 16.0. The number of benzene rings is 3. The average Bonchev–Trinajstić information content (AvgIpc) is 3.52. The Bertz CT molecular complexity index is 2030. The smallest absolute Gasteiger partial charge is 0.451 e. The topological polar surface area (TPSA) is 112 Å². The zero-order valence-electron chi connectivity index (χ0n) is 27.4. The van der Waals surface area contributed by atoms with E-state index in [1.165, 1.54) is 0 Å². The molecule has 16 heteroatoms. The fraction of sp³-hybridized carbons (Fsp3) is 0.333. The van der Waals surface area contributed by atoms with E-state index in [0.29, 0.717) is 62.3 Å². The zero-order chi connectivity index (χ0) is 37.2. The summed E-state index contributed by atoms with van der Waals surface area (Å²) in [4.78, 5) is 58.2. The van der Waals surface area contributed by atoms with Crippen LogP contribution < -0.4 is 20.4 Å². The molecule has 10 nitrogen and oxygen atoms in total. The van der Waals surface area contributed by atoms with Gasteiger partial charge in [0.25, 0.3) is 5.91 Å². The summed E-state index contributed by atoms with van der Waals surface area (Å²) in [6, 6.07) is 16.4. The lowest BCUT2D eigenvalue weighted by Gasteiger charge is -2.38. The number of fused-ring (bicyclic) bond motifs is 1. The lowest BCUT2D eigenvalue weighted by Crippen LogP contribution is -2.55. The predicted octanol–water partition coefficient (Wildman–Crippen LogP) is 5.79. The third kappa shape index (κ3) is 8.14. The van der Waals surface area contributed by atoms with Gasteiger partial charge in [-0.25, -0.2) is 0 Å². The molecule has 2 saturated heterocycles. The van der Waals surface area contributed by atoms with Gasteiger partial charge in [0.1, 0.15) is 17.4 Å². The summed E-state index contributed by atoms with van der Waals surface area (Å²) in [7, 11) is 0. The third-order valence-electron chi connectivity index (χ3n) is 8.91. The lowest BCUT2D eigenvalue weighted by atomic mass is 10.0. The minimum atomic E-state index is -6.00. The summed E-state index contributed by atoms with van der Waals surface area (Å²) in [5.41, 5.74) is 1.45. The Balaban J connectivity index is 1.18. The summed E-state index contributed by atoms with van der Waals surface area (Å²) in [6.07, 6.45) is -10.1. The van der Waals surface area contributed by atoms with E-state index in [1.807, 2.05) is 29.2 Å². The summed E-state index contributed by atoms with van der Waals surface area (Å²) >= 11 is 6.04. The van der Waals surface area contributed by atoms with Crippen molar-refractivity contribution in [2.24, 2.45) is 0 Å². The summed E-state index contributed by atoms with van der Waals surface area (Å²) < 4.78 is 74.0. The quantitative estimate of drug-likeness (QED) is 0.205. The number of hydrogen-bond acceptors (Lipinski definition) is 7. The van der Waals surface area contributed by atoms with Crippen molar-refractivity contribution >= 4 is 46.0 Å². The molecule has 0 unspecified atom stereocenters. The van der Waals surface area contributed by atoms with Crippen molar-refractivity contribution in [2.75, 3.05) is 37.6 Å². The molecule has 0 bridgehead atoms. The van der Waals surface area contributed by atoms with Crippen LogP contribution in [0.15, 0.2) is 82.0 Å². The number of rotatable bonds is 10. The van der Waals surface area contributed by atoms with Crippen molar-refractivity contribution in [2.45, 2.75) is 44.1 Å². The Kier molecular flexibility index (Phi) is 10.4. The van der Waals surface area contributed by atoms with Crippen LogP contribution in [0.4, 0.5) is 27.6 Å². The van der Waals surface area contributed by atoms with Crippen LogP contribution in [-0.4, -0.2) is 78.6 Å². The molecule has 4 aromatic rings. The number of nitrogens with zero attached hydrogens (tertiary/aromatic N) is 3. The van der Waals surface area contributed by atoms with E-state index in [-0.39, 0.29) is 17.9 Å². The molecule has 0 aliphatic carbocycles. The van der Waals surface area contributed by atoms with Crippen LogP contribution in [0.2, 0.25) is 5.02 Å². The summed E-state index contributed by atoms with van der Waals surface area (Å²) in [5, 5.41) is 2.70. The second-order valence-electron chi connectivity index (χ2n) is 12.5. The Hall–Kier alpha value is -5.18. The van der Waals surface area contributed by atoms with Gasteiger partial charge in [-0.15, -0.1) is 0 Å². The number of hydrogen-bond donors (Lipinski definition) is 1. The molecule has 0 spiro atoms. The van der Waals surface area contributed by atoms with Crippen LogP contribution in [0.25, 0.3) is 11.0 Å². The Morgan fingerprint density at radius 1 is 0.904 bits per heavy atom. The third-order valence-corrected chi connectivity index (χ3v) is 9.16. The van der Waals surface area contributed by atoms with E-state index < -0.39 is 52.5 Å². The van der Waals surface area contributed by atoms with Crippen molar-refractivity contribution in [3.05, 3.63) is 105 Å². The van der Waals surface area contributed by atoms with Gasteiger partial charge in [-0.1, -0.05) is 41.9 Å². The maximum Gasteiger partial charge on any atom is 0.499 e. The van der Waals surface area contributed by atoms with E-state index in [2.05, 4.69) is 15.0 Å². The number of nitrogens with one attached hydrogen (secondary N) is 1. The standard InChI is InChI=1S/C36H32ClF5N4O6/c37-24-9-7-22(8-10-24)18-27(34(50)45-16-14-44(15-17-45)28-5-2-1-4-23(28)21-46-13-3-6-32(46)48)43-33(49)31-20-29(47)26-19-25(11-12-30(26)51-31)52-36(41,42)35(38,39)40/h1-2,4-5,7-12,19-20,27H,3,6,13-18,21H2,(H,43,49)/t27-/m0/s1. The second-order valence-corrected chi connectivity index (χ2v) is 12.9. The fourth-order valence-corrected chi connectivity index (χ4v) is 6.35. The van der Waals surface area contributed by atoms with Gasteiger partial charge >= 0.3 is 12.3 Å². The Labute approximate surface area is 298 Å². The number of carbonyl (C=O) groups excluding carboxylic acids is 3. The number of amides is 3. The van der Waals surface area contributed by atoms with Gasteiger partial charge in [-0.3, -0.25) is 19.2 Å². The van der Waals surface area contributed by atoms with Crippen LogP contribution in [0.3, 0.4) is 0 Å². The highest BCUT2D eigenvalue weighted by molar-refractivity contribution is 6.30. The van der Waals surface area contributed by atoms with Crippen molar-refractivity contribution in [3.8, 4) is 5.75 Å². The molecule has 0 radical (unpaired) electrons. The monoisotopic (exact) mass is 746 g/mol. The van der Waals surface area contributed by atoms with Crippen LogP contribution >= 0.6 is 11.6 Å². The molecule has 1 atom stereocenters. The summed E-state index contributed by atoms with van der Waals surface area (Å²) in [6.45, 7) is 2.83. The molecule has 2 aliphatic heterocycles. The van der Waals surface area contributed by atoms with E-state index >= 15 is 0 Å². The number of piperazine rings is 1. The Morgan fingerprint density at radius 2 is 1.62 bits per heavy atom. The highest BCUT2D eigenvalue weighted by Gasteiger charge is 2.61. The number of alkyl halides is 5. The summed E-state index contributed by atoms with van der Waals surface area (Å²) in [5.74, 6) is -2.66. The SMILES string of the molecule is O=C(N[C@@H](Cc1ccc(Cl)cc1)C(=O)N1CCN(c2ccccc2CN2CCCC2=O)CC1)c1cc(=O)c2cc(OC(F)(F)C(F)(F)F)ccc2o1. The first-order valence-electron chi connectivity index (χ1n) is 16.3. The van der Waals surface area contributed by atoms with Crippen molar-refractivity contribution in [1.29, 1.82) is 0 Å². The first kappa shape index (κ1) is 36.6. The number of halogens is 6. The molecule has 6 rings (SSSR count). The number of ether oxygens (including phenoxy) is 1. The van der Waals surface area contributed by atoms with Crippen molar-refractivity contribution in [1.82, 2.24) is 15.1 Å². The van der Waals surface area contributed by atoms with E-state index in [4.69, 9.17) is 16.0 Å². The van der Waals surface area contributed by atoms with E-state index in [1.54, 1.807) is 29.2 Å². The largest absolute Gasteiger partial charge is 0.499 e. The predicted molar refractivity (Wildman–Crippen MR) is 180 cm³/mol. The van der Waals surface area contributed by atoms with Gasteiger partial charge in [0.05, 0.1) is 5.39 Å². The van der Waals surface area contributed by atoms with Crippen LogP contribution in [-0.2, 0) is 22.6 Å². The van der Waals surface area contributed by atoms with Crippen LogP contribution in [0.1, 0.15) is 34.5 Å². The van der Waals surface area contributed by atoms with Crippen LogP contribution in [0.5, 0.6) is 5.75 Å². The molecule has 3 heterocycles. The van der Waals surface area contributed by atoms with Crippen molar-refractivity contribution in [3.63, 3.8) is 0 Å². The number of carbonyl (C=O) groups is 3. The average molecular weight is 747 g/mol. The Morgan fingerprint density at radius 3 is 2.29 bits per heavy atom. The molecular weight excluding hydrogens is 715 g/mol. The van der Waals surface area contributed by atoms with Gasteiger partial charge in [0, 0.05) is 68.9 Å². The fourth-order valence-electron chi connectivity index (χ4n) is 6.22. The number of anilines is 1. The molecule has 3 amide bonds. The van der Waals surface area contributed by atoms with Gasteiger partial charge in [-0.2, -0.15) is 22.0 Å². The molecule has 1 aromatic heterocycles. The molecule has 0 saturated carbocycles. The first-order valence-corrected chi connectivity index (χ1v) is 16.7. The van der Waals surface area contributed by atoms with E-state index in [9.17, 15) is 41.1 Å². The minimum absolute atomic E-state index is 0.0561. The van der Waals surface area contributed by atoms with Gasteiger partial charge in [-0.05, 0) is 53.9 Å². The number of likely N-dealkylation sites (tertiary alicyclic amines) is 1. The maximum absolute atomic E-state index is 14.0. The highest BCUT2D eigenvalue weighted by atomic mass is 35.5. The van der Waals surface area contributed by atoms with Gasteiger partial charge < -0.3 is 29.2 Å². The van der Waals surface area contributed by atoms with Crippen LogP contribution in [0, 0.1) is 0 Å². The van der Waals surface area contributed by atoms with Gasteiger partial charge in [0.2, 0.25) is 11.8 Å². The number of para-hydroxylation sites is 1. The van der Waals surface area contributed by atoms with Crippen molar-refractivity contribution < 1.29 is 45.5 Å². The zero-order valence-corrected chi connectivity index (χ0v) is 28.2. The molecular formula is C36H32ClF5N4O6. The molecule has 52 heavy (non-hydrogen) atoms. The van der Waals surface area contributed by atoms with E-state index in [0.717, 1.165) is 35.9 Å². The molecule has 274 valence electrons. The second kappa shape index (κ2) is 14.8. The molecule has 2 fully saturated rings. The minimum Gasteiger partial charge on any atom is -0.451 e. The molecule has 3 aromatic carbocycles. The lowest BCUT2D eigenvalue weighted by molar-refractivity contribution is -0.360.